The summed E-state index contributed by atoms with van der Waals surface area (Å²) >= 11 is 0. The van der Waals surface area contributed by atoms with Gasteiger partial charge in [0.05, 0.1) is 11.7 Å². The maximum atomic E-state index is 5.37. The number of nitrogens with zero attached hydrogens (tertiary/aromatic N) is 2. The Morgan fingerprint density at radius 2 is 1.41 bits per heavy atom. The first kappa shape index (κ1) is 32.6. The van der Waals surface area contributed by atoms with Crippen LogP contribution in [0.5, 0.6) is 0 Å². The standard InChI is InChI=1S/C51H43N3/c1-3-16-43-35(10-1)12-8-20-44(43)39-13-7-14-41(30-39)51-53-49(37-25-21-34(22-26-37)42-15-9-29-52-33-42)32-50(54-51)38-27-23-36(24-28-38)48-31-40-11-2-4-17-45(40)46-18-5-6-19-47(46)48/h1-2,5-6,8-13,18-33,42,50H,3-4,7,14-17H2,(H,53,54). The molecule has 5 aromatic carbocycles. The number of aryl methyl sites for hydroxylation is 1. The normalized spacial score (nSPS) is 20.0. The number of benzene rings is 5. The summed E-state index contributed by atoms with van der Waals surface area (Å²) in [7, 11) is 0. The first-order valence-electron chi connectivity index (χ1n) is 19.6. The fraction of sp³-hybridized carbons (Fsp3) is 0.176. The predicted octanol–water partition coefficient (Wildman–Crippen LogP) is 12.4. The number of fused-ring (bicyclic) bond motifs is 4. The van der Waals surface area contributed by atoms with E-state index < -0.39 is 0 Å². The van der Waals surface area contributed by atoms with Crippen molar-refractivity contribution in [1.82, 2.24) is 5.32 Å². The average Bonchev–Trinajstić information content (AvgIpc) is 3.26. The number of nitrogens with one attached hydrogen (secondary N) is 1. The largest absolute Gasteiger partial charge is 0.359 e. The number of hydrogen-bond donors (Lipinski definition) is 1. The number of aliphatic imine (C=N–C) groups is 2. The van der Waals surface area contributed by atoms with Crippen molar-refractivity contribution in [3.05, 3.63) is 190 Å². The first-order chi connectivity index (χ1) is 26.7. The number of amidine groups is 1. The molecule has 3 aliphatic carbocycles. The molecule has 3 heteroatoms. The fourth-order valence-electron chi connectivity index (χ4n) is 8.90. The van der Waals surface area contributed by atoms with Crippen molar-refractivity contribution in [3.8, 4) is 11.1 Å². The predicted molar refractivity (Wildman–Crippen MR) is 229 cm³/mol. The van der Waals surface area contributed by atoms with Gasteiger partial charge in [-0.3, -0.25) is 4.99 Å². The quantitative estimate of drug-likeness (QED) is 0.188. The molecule has 0 radical (unpaired) electrons. The maximum Gasteiger partial charge on any atom is 0.130 e. The third-order valence-electron chi connectivity index (χ3n) is 11.8. The Kier molecular flexibility index (Phi) is 8.48. The van der Waals surface area contributed by atoms with Gasteiger partial charge in [0.1, 0.15) is 5.84 Å². The molecule has 0 spiro atoms. The summed E-state index contributed by atoms with van der Waals surface area (Å²) in [4.78, 5) is 9.76. The fourth-order valence-corrected chi connectivity index (χ4v) is 8.90. The lowest BCUT2D eigenvalue weighted by Gasteiger charge is -2.27. The molecule has 54 heavy (non-hydrogen) atoms. The Morgan fingerprint density at radius 3 is 2.24 bits per heavy atom. The highest BCUT2D eigenvalue weighted by atomic mass is 15.0. The molecular weight excluding hydrogens is 655 g/mol. The second kappa shape index (κ2) is 14.1. The summed E-state index contributed by atoms with van der Waals surface area (Å²) < 4.78 is 0. The molecule has 5 aromatic rings. The van der Waals surface area contributed by atoms with Gasteiger partial charge in [-0.15, -0.1) is 0 Å². The zero-order chi connectivity index (χ0) is 35.8. The molecule has 2 heterocycles. The van der Waals surface area contributed by atoms with Crippen LogP contribution in [-0.4, -0.2) is 12.1 Å². The van der Waals surface area contributed by atoms with Gasteiger partial charge in [0.2, 0.25) is 0 Å². The molecule has 0 saturated carbocycles. The van der Waals surface area contributed by atoms with Gasteiger partial charge in [0.25, 0.3) is 0 Å². The lowest BCUT2D eigenvalue weighted by atomic mass is 9.86. The molecule has 0 amide bonds. The van der Waals surface area contributed by atoms with E-state index in [2.05, 4.69) is 162 Å². The molecule has 2 unspecified atom stereocenters. The molecule has 0 aromatic heterocycles. The van der Waals surface area contributed by atoms with Crippen LogP contribution in [-0.2, 0) is 12.8 Å². The summed E-state index contributed by atoms with van der Waals surface area (Å²) in [5, 5.41) is 6.60. The lowest BCUT2D eigenvalue weighted by Crippen LogP contribution is -2.32. The van der Waals surface area contributed by atoms with Crippen molar-refractivity contribution in [2.24, 2.45) is 9.98 Å². The Labute approximate surface area is 318 Å². The summed E-state index contributed by atoms with van der Waals surface area (Å²) in [6.45, 7) is 0. The molecule has 0 saturated heterocycles. The highest BCUT2D eigenvalue weighted by Crippen LogP contribution is 2.38. The van der Waals surface area contributed by atoms with E-state index in [1.807, 2.05) is 6.20 Å². The van der Waals surface area contributed by atoms with E-state index in [1.54, 1.807) is 0 Å². The van der Waals surface area contributed by atoms with Crippen molar-refractivity contribution in [3.63, 3.8) is 0 Å². The molecule has 3 nitrogen and oxygen atoms in total. The van der Waals surface area contributed by atoms with Gasteiger partial charge in [-0.2, -0.15) is 0 Å². The number of allylic oxidation sites excluding steroid dienone is 6. The average molecular weight is 698 g/mol. The highest BCUT2D eigenvalue weighted by molar-refractivity contribution is 6.06. The van der Waals surface area contributed by atoms with Crippen molar-refractivity contribution in [2.75, 3.05) is 0 Å². The molecule has 10 rings (SSSR count). The van der Waals surface area contributed by atoms with E-state index in [0.29, 0.717) is 5.92 Å². The molecule has 0 bridgehead atoms. The lowest BCUT2D eigenvalue weighted by molar-refractivity contribution is 0.773. The minimum atomic E-state index is -0.0232. The molecule has 2 atom stereocenters. The second-order valence-corrected chi connectivity index (χ2v) is 15.1. The molecule has 2 aliphatic heterocycles. The van der Waals surface area contributed by atoms with Crippen LogP contribution < -0.4 is 5.32 Å². The molecule has 0 fully saturated rings. The topological polar surface area (TPSA) is 36.8 Å². The van der Waals surface area contributed by atoms with E-state index in [9.17, 15) is 0 Å². The van der Waals surface area contributed by atoms with Crippen LogP contribution in [0.1, 0.15) is 88.6 Å². The minimum Gasteiger partial charge on any atom is -0.359 e. The van der Waals surface area contributed by atoms with Gasteiger partial charge in [0, 0.05) is 18.3 Å². The third-order valence-corrected chi connectivity index (χ3v) is 11.8. The highest BCUT2D eigenvalue weighted by Gasteiger charge is 2.24. The minimum absolute atomic E-state index is 0.0232. The summed E-state index contributed by atoms with van der Waals surface area (Å²) in [6, 6.07) is 36.2. The number of rotatable bonds is 6. The van der Waals surface area contributed by atoms with E-state index in [0.717, 1.165) is 62.0 Å². The van der Waals surface area contributed by atoms with E-state index in [4.69, 9.17) is 4.99 Å². The van der Waals surface area contributed by atoms with Crippen molar-refractivity contribution >= 4 is 46.2 Å². The van der Waals surface area contributed by atoms with E-state index >= 15 is 0 Å². The van der Waals surface area contributed by atoms with Gasteiger partial charge < -0.3 is 5.32 Å². The Bertz CT molecular complexity index is 2530. The zero-order valence-electron chi connectivity index (χ0n) is 30.5. The Hall–Kier alpha value is -6.06. The smallest absolute Gasteiger partial charge is 0.130 e. The summed E-state index contributed by atoms with van der Waals surface area (Å²) in [5.41, 5.74) is 16.7. The van der Waals surface area contributed by atoms with Crippen LogP contribution in [0.15, 0.2) is 155 Å². The Balaban J connectivity index is 1.01. The van der Waals surface area contributed by atoms with Gasteiger partial charge in [0.15, 0.2) is 0 Å². The zero-order valence-corrected chi connectivity index (χ0v) is 30.5. The maximum absolute atomic E-state index is 5.37. The summed E-state index contributed by atoms with van der Waals surface area (Å²) in [6.07, 6.45) is 29.7. The van der Waals surface area contributed by atoms with Crippen molar-refractivity contribution < 1.29 is 0 Å². The molecular formula is C51H43N3. The van der Waals surface area contributed by atoms with Crippen LogP contribution in [0, 0.1) is 0 Å². The van der Waals surface area contributed by atoms with Crippen LogP contribution >= 0.6 is 0 Å². The molecule has 262 valence electrons. The van der Waals surface area contributed by atoms with Crippen molar-refractivity contribution in [2.45, 2.75) is 56.9 Å². The van der Waals surface area contributed by atoms with Gasteiger partial charge in [-0.05, 0) is 141 Å². The van der Waals surface area contributed by atoms with Gasteiger partial charge in [-0.1, -0.05) is 127 Å². The second-order valence-electron chi connectivity index (χ2n) is 15.1. The monoisotopic (exact) mass is 697 g/mol. The van der Waals surface area contributed by atoms with Crippen LogP contribution in [0.25, 0.3) is 45.3 Å². The molecule has 5 aliphatic rings. The SMILES string of the molecule is C1=Cc2cccc(C3=CCCC(C4=NC(c5ccc(C6C=NC=CC6)cc5)=CC(c5ccc(-c6cc7c(c8ccccc68)CCC=C7)cc5)N4)=C3)c2CC1. The summed E-state index contributed by atoms with van der Waals surface area (Å²) in [5.74, 6) is 1.29. The first-order valence-corrected chi connectivity index (χ1v) is 19.6. The number of hydrogen-bond acceptors (Lipinski definition) is 3. The Morgan fingerprint density at radius 1 is 0.630 bits per heavy atom. The van der Waals surface area contributed by atoms with Gasteiger partial charge >= 0.3 is 0 Å². The van der Waals surface area contributed by atoms with Crippen LogP contribution in [0.3, 0.4) is 0 Å². The van der Waals surface area contributed by atoms with Gasteiger partial charge in [-0.25, -0.2) is 4.99 Å². The van der Waals surface area contributed by atoms with Crippen LogP contribution in [0.4, 0.5) is 0 Å². The third kappa shape index (κ3) is 6.14. The van der Waals surface area contributed by atoms with Crippen LogP contribution in [0.2, 0.25) is 0 Å². The van der Waals surface area contributed by atoms with E-state index in [1.165, 1.54) is 72.0 Å². The van der Waals surface area contributed by atoms with Crippen molar-refractivity contribution in [1.29, 1.82) is 0 Å². The molecule has 1 N–H and O–H groups in total. The van der Waals surface area contributed by atoms with E-state index in [-0.39, 0.29) is 6.04 Å².